The third-order valence-corrected chi connectivity index (χ3v) is 9.66. The van der Waals surface area contributed by atoms with Gasteiger partial charge in [-0.15, -0.1) is 0 Å². The van der Waals surface area contributed by atoms with Crippen LogP contribution in [0.2, 0.25) is 26.2 Å². The van der Waals surface area contributed by atoms with Crippen molar-refractivity contribution in [2.24, 2.45) is 35.5 Å². The summed E-state index contributed by atoms with van der Waals surface area (Å²) in [7, 11) is -0.611. The maximum atomic E-state index is 13.5. The van der Waals surface area contributed by atoms with Crippen LogP contribution in [0, 0.1) is 35.5 Å². The van der Waals surface area contributed by atoms with E-state index in [-0.39, 0.29) is 30.1 Å². The lowest BCUT2D eigenvalue weighted by Crippen LogP contribution is -2.56. The third kappa shape index (κ3) is 11.6. The van der Waals surface area contributed by atoms with Crippen LogP contribution in [0.4, 0.5) is 43.9 Å². The van der Waals surface area contributed by atoms with Crippen molar-refractivity contribution < 1.29 is 82.7 Å². The highest BCUT2D eigenvalue weighted by Gasteiger charge is 2.75. The molecule has 0 aromatic carbocycles. The third-order valence-electron chi connectivity index (χ3n) is 9.66. The summed E-state index contributed by atoms with van der Waals surface area (Å²) in [6, 6.07) is -4.77. The van der Waals surface area contributed by atoms with Gasteiger partial charge in [-0.05, 0) is 68.6 Å². The zero-order valence-corrected chi connectivity index (χ0v) is 29.9. The molecule has 0 radical (unpaired) electrons. The van der Waals surface area contributed by atoms with Crippen molar-refractivity contribution in [2.75, 3.05) is 13.2 Å². The van der Waals surface area contributed by atoms with Crippen molar-refractivity contribution in [2.45, 2.75) is 139 Å². The van der Waals surface area contributed by atoms with Crippen LogP contribution in [0.5, 0.6) is 0 Å². The summed E-state index contributed by atoms with van der Waals surface area (Å²) in [5, 5.41) is 17.5. The summed E-state index contributed by atoms with van der Waals surface area (Å²) in [5.74, 6) is -9.43. The van der Waals surface area contributed by atoms with Gasteiger partial charge in [0.05, 0.1) is 18.4 Å². The predicted octanol–water partition coefficient (Wildman–Crippen LogP) is 7.83. The molecule has 4 bridgehead atoms. The van der Waals surface area contributed by atoms with Gasteiger partial charge in [0.1, 0.15) is 12.7 Å². The summed E-state index contributed by atoms with van der Waals surface area (Å²) in [6.07, 6.45) is -9.78. The van der Waals surface area contributed by atoms with Crippen molar-refractivity contribution in [3.8, 4) is 0 Å². The van der Waals surface area contributed by atoms with E-state index >= 15 is 0 Å². The molecule has 19 heteroatoms. The fourth-order valence-electron chi connectivity index (χ4n) is 7.31. The van der Waals surface area contributed by atoms with Crippen LogP contribution in [0.15, 0.2) is 0 Å². The molecule has 4 aliphatic carbocycles. The number of carbonyl (C=O) groups excluding carboxylic acids is 2. The number of alkyl halides is 10. The Hall–Kier alpha value is -1.70. The molecule has 2 N–H and O–H groups in total. The van der Waals surface area contributed by atoms with E-state index in [2.05, 4.69) is 40.4 Å². The molecule has 5 aliphatic rings. The van der Waals surface area contributed by atoms with Crippen molar-refractivity contribution in [1.29, 1.82) is 0 Å². The minimum atomic E-state index is -5.64. The number of ether oxygens (including phenoxy) is 4. The highest BCUT2D eigenvalue weighted by molar-refractivity contribution is 6.74. The molecular weight excluding hydrogens is 730 g/mol. The summed E-state index contributed by atoms with van der Waals surface area (Å²) < 4.78 is 144. The van der Waals surface area contributed by atoms with Crippen LogP contribution < -0.4 is 0 Å². The van der Waals surface area contributed by atoms with Gasteiger partial charge in [-0.2, -0.15) is 30.7 Å². The first-order valence-corrected chi connectivity index (χ1v) is 21.1. The van der Waals surface area contributed by atoms with Crippen molar-refractivity contribution in [3.05, 3.63) is 0 Å². The molecule has 1 saturated heterocycles. The van der Waals surface area contributed by atoms with E-state index in [9.17, 15) is 53.5 Å². The van der Waals surface area contributed by atoms with Crippen LogP contribution in [0.3, 0.4) is 0 Å². The summed E-state index contributed by atoms with van der Waals surface area (Å²) in [6.45, 7) is 7.72. The second-order valence-electron chi connectivity index (χ2n) is 15.9. The standard InChI is InChI=1S/C14H17F5O4.C14H19F5O4.C4H12Si/c15-12(16)5-9(23-13(12,21)14(17,18)19)6-22-11(20)10-4-7-1-2-8(10)3-7;15-11(2-1-5-22-14(19,21)13(16,17)18)23-12(20)10-7-8-3-4-9(10)6-8;1-5(2,3)4/h7-10,21H,1-6H2;8-11,21H,1-7H2;1-4H3. The minimum absolute atomic E-state index is 0.213. The number of rotatable bonds is 10. The Bertz CT molecular complexity index is 1170. The fraction of sp³-hybridized carbons (Fsp3) is 0.938. The molecule has 5 rings (SSSR count). The van der Waals surface area contributed by atoms with E-state index in [1.54, 1.807) is 0 Å². The van der Waals surface area contributed by atoms with Crippen LogP contribution in [-0.2, 0) is 28.5 Å². The molecule has 0 aromatic rings. The molecule has 0 aromatic heterocycles. The summed E-state index contributed by atoms with van der Waals surface area (Å²) >= 11 is 0. The average molecular weight is 779 g/mol. The largest absolute Gasteiger partial charge is 0.477 e. The van der Waals surface area contributed by atoms with E-state index in [1.807, 2.05) is 0 Å². The SMILES string of the molecule is C[Si](C)(C)C.O=C(OC(F)CCCOC(O)(F)C(F)(F)F)C1CC2CCC1C2.O=C(OCC1CC(F)(F)C(O)(C(F)(F)F)O1)C1CC2CCC1C2. The maximum Gasteiger partial charge on any atom is 0.477 e. The molecule has 5 fully saturated rings. The highest BCUT2D eigenvalue weighted by atomic mass is 28.3. The van der Waals surface area contributed by atoms with Gasteiger partial charge in [0.15, 0.2) is 0 Å². The van der Waals surface area contributed by atoms with Gasteiger partial charge in [0, 0.05) is 20.9 Å². The zero-order valence-electron chi connectivity index (χ0n) is 28.9. The zero-order chi connectivity index (χ0) is 38.8. The normalized spacial score (nSPS) is 34.2. The molecule has 8 nitrogen and oxygen atoms in total. The first-order chi connectivity index (χ1) is 23.1. The Morgan fingerprint density at radius 3 is 1.75 bits per heavy atom. The number of fused-ring (bicyclic) bond motifs is 4. The molecule has 1 heterocycles. The maximum absolute atomic E-state index is 13.5. The van der Waals surface area contributed by atoms with E-state index in [4.69, 9.17) is 14.9 Å². The van der Waals surface area contributed by atoms with Gasteiger partial charge < -0.3 is 29.2 Å². The van der Waals surface area contributed by atoms with Gasteiger partial charge in [-0.25, -0.2) is 13.2 Å². The Kier molecular flexibility index (Phi) is 14.0. The molecule has 10 atom stereocenters. The molecule has 4 saturated carbocycles. The van der Waals surface area contributed by atoms with E-state index in [0.717, 1.165) is 38.5 Å². The van der Waals surface area contributed by atoms with Crippen molar-refractivity contribution in [1.82, 2.24) is 0 Å². The molecular formula is C32H48F10O8Si. The molecule has 0 amide bonds. The monoisotopic (exact) mass is 778 g/mol. The summed E-state index contributed by atoms with van der Waals surface area (Å²) in [5.41, 5.74) is 0. The van der Waals surface area contributed by atoms with E-state index in [0.29, 0.717) is 24.7 Å². The van der Waals surface area contributed by atoms with Crippen molar-refractivity contribution in [3.63, 3.8) is 0 Å². The number of aliphatic hydroxyl groups is 2. The first kappa shape index (κ1) is 43.7. The summed E-state index contributed by atoms with van der Waals surface area (Å²) in [4.78, 5) is 23.8. The van der Waals surface area contributed by atoms with E-state index in [1.165, 1.54) is 0 Å². The Morgan fingerprint density at radius 2 is 1.35 bits per heavy atom. The lowest BCUT2D eigenvalue weighted by atomic mass is 9.89. The molecule has 1 aliphatic heterocycles. The lowest BCUT2D eigenvalue weighted by molar-refractivity contribution is -0.424. The van der Waals surface area contributed by atoms with Crippen molar-refractivity contribution >= 4 is 20.0 Å². The number of carbonyl (C=O) groups is 2. The van der Waals surface area contributed by atoms with Gasteiger partial charge >= 0.3 is 42.0 Å². The smallest absolute Gasteiger partial charge is 0.463 e. The van der Waals surface area contributed by atoms with Crippen LogP contribution >= 0.6 is 0 Å². The minimum Gasteiger partial charge on any atom is -0.463 e. The number of hydrogen-bond acceptors (Lipinski definition) is 8. The van der Waals surface area contributed by atoms with Crippen LogP contribution in [-0.4, -0.2) is 86.0 Å². The fourth-order valence-corrected chi connectivity index (χ4v) is 7.31. The van der Waals surface area contributed by atoms with Gasteiger partial charge in [0.25, 0.3) is 0 Å². The average Bonchev–Trinajstić information content (AvgIpc) is 3.80. The highest BCUT2D eigenvalue weighted by Crippen LogP contribution is 2.52. The molecule has 298 valence electrons. The second kappa shape index (κ2) is 16.3. The number of hydrogen-bond donors (Lipinski definition) is 2. The first-order valence-electron chi connectivity index (χ1n) is 17.1. The quantitative estimate of drug-likeness (QED) is 0.0760. The second-order valence-corrected chi connectivity index (χ2v) is 21.9. The molecule has 10 unspecified atom stereocenters. The lowest BCUT2D eigenvalue weighted by Gasteiger charge is -2.29. The van der Waals surface area contributed by atoms with E-state index < -0.39 is 88.6 Å². The Balaban J connectivity index is 0.000000243. The topological polar surface area (TPSA) is 112 Å². The van der Waals surface area contributed by atoms with Crippen LogP contribution in [0.1, 0.15) is 70.6 Å². The van der Waals surface area contributed by atoms with Crippen LogP contribution in [0.25, 0.3) is 0 Å². The van der Waals surface area contributed by atoms with Gasteiger partial charge in [0.2, 0.25) is 6.36 Å². The Labute approximate surface area is 290 Å². The predicted molar refractivity (Wildman–Crippen MR) is 162 cm³/mol. The molecule has 51 heavy (non-hydrogen) atoms. The van der Waals surface area contributed by atoms with Gasteiger partial charge in [-0.3, -0.25) is 9.59 Å². The van der Waals surface area contributed by atoms with Gasteiger partial charge in [-0.1, -0.05) is 39.0 Å². The Morgan fingerprint density at radius 1 is 0.863 bits per heavy atom. The number of esters is 2. The molecule has 0 spiro atoms. The number of halogens is 10.